The summed E-state index contributed by atoms with van der Waals surface area (Å²) < 4.78 is 11.1. The number of benzene rings is 2. The van der Waals surface area contributed by atoms with E-state index in [1.807, 2.05) is 47.4 Å². The van der Waals surface area contributed by atoms with Crippen molar-refractivity contribution in [3.63, 3.8) is 0 Å². The maximum Gasteiger partial charge on any atom is 0.254 e. The van der Waals surface area contributed by atoms with Crippen molar-refractivity contribution in [3.8, 4) is 11.5 Å². The average molecular weight is 475 g/mol. The third kappa shape index (κ3) is 5.37. The first-order valence-corrected chi connectivity index (χ1v) is 11.5. The van der Waals surface area contributed by atoms with E-state index >= 15 is 0 Å². The van der Waals surface area contributed by atoms with Gasteiger partial charge in [0.25, 0.3) is 5.91 Å². The normalized spacial score (nSPS) is 15.5. The van der Waals surface area contributed by atoms with Crippen LogP contribution in [0.4, 0.5) is 5.69 Å². The molecular weight excluding hydrogens is 444 g/mol. The second kappa shape index (κ2) is 10.9. The first kappa shape index (κ1) is 24.1. The number of aromatic nitrogens is 1. The molecule has 2 aromatic carbocycles. The Hall–Kier alpha value is -4.07. The highest BCUT2D eigenvalue weighted by Crippen LogP contribution is 2.34. The lowest BCUT2D eigenvalue weighted by molar-refractivity contribution is -0.131. The number of carbonyl (C=O) groups is 2. The Bertz CT molecular complexity index is 1180. The molecule has 1 aromatic heterocycles. The van der Waals surface area contributed by atoms with Gasteiger partial charge in [0.2, 0.25) is 5.91 Å². The van der Waals surface area contributed by atoms with Crippen molar-refractivity contribution < 1.29 is 19.1 Å². The van der Waals surface area contributed by atoms with Gasteiger partial charge < -0.3 is 24.6 Å². The summed E-state index contributed by atoms with van der Waals surface area (Å²) in [6.45, 7) is 3.44. The van der Waals surface area contributed by atoms with Crippen molar-refractivity contribution in [2.24, 2.45) is 0 Å². The van der Waals surface area contributed by atoms with Gasteiger partial charge in [-0.15, -0.1) is 0 Å². The van der Waals surface area contributed by atoms with Gasteiger partial charge in [-0.05, 0) is 42.0 Å². The SMILES string of the molecule is COc1ccc(C(=O)N2CCN(C(C)=O)C[C@H]2c2ccccc2OC)cc1NCc1ccncc1. The van der Waals surface area contributed by atoms with Crippen molar-refractivity contribution in [3.05, 3.63) is 83.7 Å². The van der Waals surface area contributed by atoms with E-state index in [1.165, 1.54) is 0 Å². The minimum absolute atomic E-state index is 0.0101. The molecule has 1 saturated heterocycles. The topological polar surface area (TPSA) is 84.0 Å². The Morgan fingerprint density at radius 1 is 1.00 bits per heavy atom. The number of carbonyl (C=O) groups excluding carboxylic acids is 2. The lowest BCUT2D eigenvalue weighted by atomic mass is 9.99. The summed E-state index contributed by atoms with van der Waals surface area (Å²) in [5.74, 6) is 1.22. The highest BCUT2D eigenvalue weighted by atomic mass is 16.5. The van der Waals surface area contributed by atoms with E-state index in [0.717, 1.165) is 16.8 Å². The minimum Gasteiger partial charge on any atom is -0.496 e. The van der Waals surface area contributed by atoms with Crippen LogP contribution in [0.25, 0.3) is 0 Å². The molecule has 182 valence electrons. The molecule has 1 fully saturated rings. The van der Waals surface area contributed by atoms with Crippen LogP contribution in [0, 0.1) is 0 Å². The molecule has 0 bridgehead atoms. The summed E-state index contributed by atoms with van der Waals surface area (Å²) in [4.78, 5) is 33.6. The Labute approximate surface area is 205 Å². The fraction of sp³-hybridized carbons (Fsp3) is 0.296. The predicted octanol–water partition coefficient (Wildman–Crippen LogP) is 3.76. The lowest BCUT2D eigenvalue weighted by Gasteiger charge is -2.41. The molecule has 1 aliphatic heterocycles. The van der Waals surface area contributed by atoms with Gasteiger partial charge in [0.05, 0.1) is 25.9 Å². The van der Waals surface area contributed by atoms with Gasteiger partial charge in [-0.25, -0.2) is 0 Å². The molecule has 2 amide bonds. The minimum atomic E-state index is -0.327. The van der Waals surface area contributed by atoms with Crippen LogP contribution in [0.1, 0.15) is 34.5 Å². The van der Waals surface area contributed by atoms with Gasteiger partial charge >= 0.3 is 0 Å². The molecule has 0 spiro atoms. The average Bonchev–Trinajstić information content (AvgIpc) is 2.91. The van der Waals surface area contributed by atoms with E-state index < -0.39 is 0 Å². The van der Waals surface area contributed by atoms with E-state index in [2.05, 4.69) is 10.3 Å². The number of anilines is 1. The number of hydrogen-bond donors (Lipinski definition) is 1. The van der Waals surface area contributed by atoms with Crippen LogP contribution >= 0.6 is 0 Å². The molecule has 35 heavy (non-hydrogen) atoms. The molecule has 0 saturated carbocycles. The van der Waals surface area contributed by atoms with Crippen molar-refractivity contribution in [2.45, 2.75) is 19.5 Å². The maximum atomic E-state index is 13.8. The van der Waals surface area contributed by atoms with Crippen LogP contribution in [-0.2, 0) is 11.3 Å². The molecule has 1 aliphatic rings. The standard InChI is InChI=1S/C27H30N4O4/c1-19(32)30-14-15-31(24(18-30)22-6-4-5-7-25(22)34-2)27(33)21-8-9-26(35-3)23(16-21)29-17-20-10-12-28-13-11-20/h4-13,16,24,29H,14-15,17-18H2,1-3H3/t24-/m0/s1. The number of rotatable bonds is 7. The Kier molecular flexibility index (Phi) is 7.50. The van der Waals surface area contributed by atoms with Crippen LogP contribution in [0.15, 0.2) is 67.0 Å². The summed E-state index contributed by atoms with van der Waals surface area (Å²) in [6, 6.07) is 16.6. The van der Waals surface area contributed by atoms with Crippen LogP contribution in [0.2, 0.25) is 0 Å². The van der Waals surface area contributed by atoms with E-state index in [9.17, 15) is 9.59 Å². The number of hydrogen-bond acceptors (Lipinski definition) is 6. The molecular formula is C27H30N4O4. The molecule has 8 heteroatoms. The van der Waals surface area contributed by atoms with E-state index in [1.54, 1.807) is 50.6 Å². The van der Waals surface area contributed by atoms with Crippen molar-refractivity contribution in [2.75, 3.05) is 39.2 Å². The largest absolute Gasteiger partial charge is 0.496 e. The highest BCUT2D eigenvalue weighted by molar-refractivity contribution is 5.96. The number of amides is 2. The predicted molar refractivity (Wildman–Crippen MR) is 134 cm³/mol. The number of para-hydroxylation sites is 1. The molecule has 0 unspecified atom stereocenters. The van der Waals surface area contributed by atoms with Gasteiger partial charge in [0.15, 0.2) is 0 Å². The van der Waals surface area contributed by atoms with Crippen LogP contribution in [0.5, 0.6) is 11.5 Å². The Morgan fingerprint density at radius 2 is 1.74 bits per heavy atom. The zero-order chi connectivity index (χ0) is 24.8. The lowest BCUT2D eigenvalue weighted by Crippen LogP contribution is -2.52. The zero-order valence-corrected chi connectivity index (χ0v) is 20.2. The monoisotopic (exact) mass is 474 g/mol. The first-order chi connectivity index (χ1) is 17.0. The number of ether oxygens (including phenoxy) is 2. The van der Waals surface area contributed by atoms with Crippen LogP contribution in [0.3, 0.4) is 0 Å². The molecule has 0 radical (unpaired) electrons. The molecule has 8 nitrogen and oxygen atoms in total. The first-order valence-electron chi connectivity index (χ1n) is 11.5. The quantitative estimate of drug-likeness (QED) is 0.562. The number of methoxy groups -OCH3 is 2. The Morgan fingerprint density at radius 3 is 2.46 bits per heavy atom. The second-order valence-corrected chi connectivity index (χ2v) is 8.35. The fourth-order valence-electron chi connectivity index (χ4n) is 4.36. The fourth-order valence-corrected chi connectivity index (χ4v) is 4.36. The third-order valence-electron chi connectivity index (χ3n) is 6.26. The molecule has 4 rings (SSSR count). The molecule has 3 aromatic rings. The number of nitrogens with zero attached hydrogens (tertiary/aromatic N) is 3. The number of nitrogens with one attached hydrogen (secondary N) is 1. The van der Waals surface area contributed by atoms with Gasteiger partial charge in [-0.1, -0.05) is 18.2 Å². The van der Waals surface area contributed by atoms with Gasteiger partial charge in [0.1, 0.15) is 11.5 Å². The highest BCUT2D eigenvalue weighted by Gasteiger charge is 2.34. The molecule has 1 atom stereocenters. The number of piperazine rings is 1. The summed E-state index contributed by atoms with van der Waals surface area (Å²) in [6.07, 6.45) is 3.49. The number of pyridine rings is 1. The van der Waals surface area contributed by atoms with Crippen molar-refractivity contribution >= 4 is 17.5 Å². The van der Waals surface area contributed by atoms with E-state index in [4.69, 9.17) is 9.47 Å². The summed E-state index contributed by atoms with van der Waals surface area (Å²) in [5, 5.41) is 3.37. The van der Waals surface area contributed by atoms with Crippen LogP contribution < -0.4 is 14.8 Å². The van der Waals surface area contributed by atoms with Gasteiger partial charge in [0, 0.05) is 56.6 Å². The summed E-state index contributed by atoms with van der Waals surface area (Å²) in [7, 11) is 3.22. The van der Waals surface area contributed by atoms with Gasteiger partial charge in [-0.3, -0.25) is 14.6 Å². The third-order valence-corrected chi connectivity index (χ3v) is 6.26. The van der Waals surface area contributed by atoms with E-state index in [0.29, 0.717) is 43.2 Å². The zero-order valence-electron chi connectivity index (χ0n) is 20.2. The smallest absolute Gasteiger partial charge is 0.254 e. The van der Waals surface area contributed by atoms with Crippen molar-refractivity contribution in [1.82, 2.24) is 14.8 Å². The van der Waals surface area contributed by atoms with Gasteiger partial charge in [-0.2, -0.15) is 0 Å². The summed E-state index contributed by atoms with van der Waals surface area (Å²) in [5.41, 5.74) is 3.21. The van der Waals surface area contributed by atoms with Crippen LogP contribution in [-0.4, -0.2) is 60.5 Å². The molecule has 0 aliphatic carbocycles. The Balaban J connectivity index is 1.63. The summed E-state index contributed by atoms with van der Waals surface area (Å²) >= 11 is 0. The van der Waals surface area contributed by atoms with E-state index in [-0.39, 0.29) is 17.9 Å². The molecule has 2 heterocycles. The second-order valence-electron chi connectivity index (χ2n) is 8.35. The van der Waals surface area contributed by atoms with Crippen molar-refractivity contribution in [1.29, 1.82) is 0 Å². The molecule has 1 N–H and O–H groups in total. The maximum absolute atomic E-state index is 13.8.